The lowest BCUT2D eigenvalue weighted by molar-refractivity contribution is -0.146. The Kier molecular flexibility index (Phi) is 5.06. The van der Waals surface area contributed by atoms with E-state index >= 15 is 0 Å². The zero-order chi connectivity index (χ0) is 16.4. The number of aliphatic hydroxyl groups is 1. The molecule has 5 heteroatoms. The summed E-state index contributed by atoms with van der Waals surface area (Å²) in [4.78, 5) is 23.1. The average molecular weight is 308 g/mol. The predicted molar refractivity (Wildman–Crippen MR) is 80.8 cm³/mol. The van der Waals surface area contributed by atoms with Crippen LogP contribution in [-0.4, -0.2) is 35.4 Å². The number of fused-ring (bicyclic) bond motifs is 1. The van der Waals surface area contributed by atoms with Gasteiger partial charge in [0.15, 0.2) is 0 Å². The average Bonchev–Trinajstić information content (AvgIpc) is 2.56. The molecule has 0 aromatic heterocycles. The van der Waals surface area contributed by atoms with Crippen LogP contribution in [0.15, 0.2) is 23.8 Å². The van der Waals surface area contributed by atoms with Crippen molar-refractivity contribution in [3.05, 3.63) is 23.8 Å². The number of aliphatic hydroxyl groups excluding tert-OH is 1. The van der Waals surface area contributed by atoms with E-state index in [1.807, 2.05) is 6.08 Å². The smallest absolute Gasteiger partial charge is 0.334 e. The molecule has 5 atom stereocenters. The minimum absolute atomic E-state index is 0.00280. The van der Waals surface area contributed by atoms with Crippen molar-refractivity contribution in [2.24, 2.45) is 11.8 Å². The predicted octanol–water partition coefficient (Wildman–Crippen LogP) is 2.14. The largest absolute Gasteiger partial charge is 0.458 e. The molecular formula is C17H24O5. The topological polar surface area (TPSA) is 72.8 Å². The number of ether oxygens (including phenoxy) is 2. The van der Waals surface area contributed by atoms with Crippen LogP contribution in [0.25, 0.3) is 0 Å². The molecule has 0 aromatic carbocycles. The molecule has 1 aliphatic carbocycles. The van der Waals surface area contributed by atoms with Gasteiger partial charge in [0.25, 0.3) is 0 Å². The van der Waals surface area contributed by atoms with Crippen molar-refractivity contribution in [3.63, 3.8) is 0 Å². The minimum Gasteiger partial charge on any atom is -0.458 e. The SMILES string of the molecule is C=C1C(=O)OC2C=C(C(CC(C)O)OC(C)=O)C(C)CCC12. The molecule has 1 aliphatic heterocycles. The summed E-state index contributed by atoms with van der Waals surface area (Å²) in [5.41, 5.74) is 1.44. The minimum atomic E-state index is -0.586. The molecule has 122 valence electrons. The number of esters is 2. The molecule has 22 heavy (non-hydrogen) atoms. The van der Waals surface area contributed by atoms with E-state index in [1.54, 1.807) is 6.92 Å². The van der Waals surface area contributed by atoms with Gasteiger partial charge in [-0.1, -0.05) is 13.5 Å². The zero-order valence-electron chi connectivity index (χ0n) is 13.4. The summed E-state index contributed by atoms with van der Waals surface area (Å²) in [5.74, 6) is -0.538. The van der Waals surface area contributed by atoms with Crippen molar-refractivity contribution < 1.29 is 24.2 Å². The van der Waals surface area contributed by atoms with Gasteiger partial charge < -0.3 is 14.6 Å². The van der Waals surface area contributed by atoms with Crippen LogP contribution < -0.4 is 0 Å². The summed E-state index contributed by atoms with van der Waals surface area (Å²) < 4.78 is 10.8. The molecule has 1 heterocycles. The highest BCUT2D eigenvalue weighted by Gasteiger charge is 2.40. The zero-order valence-corrected chi connectivity index (χ0v) is 13.4. The van der Waals surface area contributed by atoms with Crippen molar-refractivity contribution >= 4 is 11.9 Å². The molecule has 5 nitrogen and oxygen atoms in total. The first-order valence-corrected chi connectivity index (χ1v) is 7.76. The van der Waals surface area contributed by atoms with Crippen LogP contribution in [0.5, 0.6) is 0 Å². The molecule has 2 rings (SSSR count). The van der Waals surface area contributed by atoms with Gasteiger partial charge in [0.2, 0.25) is 0 Å². The second-order valence-corrected chi connectivity index (χ2v) is 6.33. The fraction of sp³-hybridized carbons (Fsp3) is 0.647. The third kappa shape index (κ3) is 3.58. The summed E-state index contributed by atoms with van der Waals surface area (Å²) in [6.45, 7) is 8.91. The number of hydrogen-bond donors (Lipinski definition) is 1. The summed E-state index contributed by atoms with van der Waals surface area (Å²) >= 11 is 0. The highest BCUT2D eigenvalue weighted by Crippen LogP contribution is 2.39. The van der Waals surface area contributed by atoms with Crippen LogP contribution >= 0.6 is 0 Å². The Morgan fingerprint density at radius 2 is 2.23 bits per heavy atom. The molecular weight excluding hydrogens is 284 g/mol. The van der Waals surface area contributed by atoms with E-state index in [2.05, 4.69) is 13.5 Å². The summed E-state index contributed by atoms with van der Waals surface area (Å²) in [5, 5.41) is 9.68. The summed E-state index contributed by atoms with van der Waals surface area (Å²) in [6.07, 6.45) is 2.50. The number of hydrogen-bond acceptors (Lipinski definition) is 5. The van der Waals surface area contributed by atoms with Gasteiger partial charge in [-0.3, -0.25) is 4.79 Å². The first-order valence-electron chi connectivity index (χ1n) is 7.76. The molecule has 0 spiro atoms. The second-order valence-electron chi connectivity index (χ2n) is 6.33. The Hall–Kier alpha value is -1.62. The van der Waals surface area contributed by atoms with Crippen molar-refractivity contribution in [1.82, 2.24) is 0 Å². The maximum absolute atomic E-state index is 11.7. The van der Waals surface area contributed by atoms with Gasteiger partial charge in [-0.2, -0.15) is 0 Å². The Bertz CT molecular complexity index is 505. The first kappa shape index (κ1) is 16.7. The van der Waals surface area contributed by atoms with E-state index in [4.69, 9.17) is 9.47 Å². The highest BCUT2D eigenvalue weighted by molar-refractivity contribution is 5.91. The van der Waals surface area contributed by atoms with Gasteiger partial charge in [-0.25, -0.2) is 4.79 Å². The van der Waals surface area contributed by atoms with E-state index in [0.29, 0.717) is 12.0 Å². The molecule has 0 bridgehead atoms. The molecule has 0 radical (unpaired) electrons. The summed E-state index contributed by atoms with van der Waals surface area (Å²) in [6, 6.07) is 0. The van der Waals surface area contributed by atoms with Crippen LogP contribution in [-0.2, 0) is 19.1 Å². The van der Waals surface area contributed by atoms with Crippen LogP contribution in [0.1, 0.15) is 40.0 Å². The normalized spacial score (nSPS) is 30.7. The van der Waals surface area contributed by atoms with Crippen molar-refractivity contribution in [3.8, 4) is 0 Å². The Morgan fingerprint density at radius 1 is 1.55 bits per heavy atom. The quantitative estimate of drug-likeness (QED) is 0.489. The van der Waals surface area contributed by atoms with Gasteiger partial charge in [0, 0.05) is 24.8 Å². The molecule has 1 fully saturated rings. The van der Waals surface area contributed by atoms with Gasteiger partial charge >= 0.3 is 11.9 Å². The highest BCUT2D eigenvalue weighted by atomic mass is 16.6. The van der Waals surface area contributed by atoms with Crippen LogP contribution in [0.2, 0.25) is 0 Å². The van der Waals surface area contributed by atoms with Gasteiger partial charge in [-0.15, -0.1) is 0 Å². The van der Waals surface area contributed by atoms with Gasteiger partial charge in [0.1, 0.15) is 12.2 Å². The van der Waals surface area contributed by atoms with Gasteiger partial charge in [-0.05, 0) is 37.3 Å². The number of carbonyl (C=O) groups excluding carboxylic acids is 2. The molecule has 5 unspecified atom stereocenters. The van der Waals surface area contributed by atoms with Crippen LogP contribution in [0.4, 0.5) is 0 Å². The molecule has 1 saturated heterocycles. The van der Waals surface area contributed by atoms with Crippen molar-refractivity contribution in [2.75, 3.05) is 0 Å². The van der Waals surface area contributed by atoms with Crippen LogP contribution in [0, 0.1) is 11.8 Å². The monoisotopic (exact) mass is 308 g/mol. The third-order valence-electron chi connectivity index (χ3n) is 4.42. The molecule has 0 aromatic rings. The van der Waals surface area contributed by atoms with E-state index in [0.717, 1.165) is 18.4 Å². The standard InChI is InChI=1S/C17H24O5/c1-9-5-6-13-11(3)17(20)22-16(13)8-14(9)15(7-10(2)18)21-12(4)19/h8-10,13,15-16,18H,3,5-7H2,1-2,4H3. The second kappa shape index (κ2) is 6.65. The van der Waals surface area contributed by atoms with Gasteiger partial charge in [0.05, 0.1) is 6.10 Å². The summed E-state index contributed by atoms with van der Waals surface area (Å²) in [7, 11) is 0. The lowest BCUT2D eigenvalue weighted by Gasteiger charge is -2.25. The van der Waals surface area contributed by atoms with Crippen LogP contribution in [0.3, 0.4) is 0 Å². The maximum Gasteiger partial charge on any atom is 0.334 e. The fourth-order valence-corrected chi connectivity index (χ4v) is 3.26. The maximum atomic E-state index is 11.7. The lowest BCUT2D eigenvalue weighted by Crippen LogP contribution is -2.27. The fourth-order valence-electron chi connectivity index (χ4n) is 3.26. The third-order valence-corrected chi connectivity index (χ3v) is 4.42. The Morgan fingerprint density at radius 3 is 2.82 bits per heavy atom. The Balaban J connectivity index is 2.29. The van der Waals surface area contributed by atoms with E-state index in [1.165, 1.54) is 6.92 Å². The molecule has 1 N–H and O–H groups in total. The lowest BCUT2D eigenvalue weighted by atomic mass is 9.89. The first-order chi connectivity index (χ1) is 10.3. The number of rotatable bonds is 4. The molecule has 2 aliphatic rings. The van der Waals surface area contributed by atoms with E-state index < -0.39 is 12.2 Å². The van der Waals surface area contributed by atoms with Crippen molar-refractivity contribution in [2.45, 2.75) is 58.3 Å². The van der Waals surface area contributed by atoms with E-state index in [9.17, 15) is 14.7 Å². The van der Waals surface area contributed by atoms with E-state index in [-0.39, 0.29) is 29.9 Å². The molecule has 0 amide bonds. The Labute approximate surface area is 131 Å². The number of carbonyl (C=O) groups is 2. The van der Waals surface area contributed by atoms with Crippen molar-refractivity contribution in [1.29, 1.82) is 0 Å². The molecule has 0 saturated carbocycles.